The van der Waals surface area contributed by atoms with E-state index in [1.54, 1.807) is 12.1 Å². The van der Waals surface area contributed by atoms with Crippen LogP contribution in [0, 0.1) is 0 Å². The van der Waals surface area contributed by atoms with E-state index in [0.29, 0.717) is 28.6 Å². The molecule has 0 spiro atoms. The van der Waals surface area contributed by atoms with Gasteiger partial charge in [0.1, 0.15) is 0 Å². The zero-order chi connectivity index (χ0) is 11.5. The van der Waals surface area contributed by atoms with E-state index >= 15 is 0 Å². The smallest absolute Gasteiger partial charge is 0.204 e. The van der Waals surface area contributed by atoms with Gasteiger partial charge in [-0.1, -0.05) is 0 Å². The van der Waals surface area contributed by atoms with Crippen LogP contribution in [-0.4, -0.2) is 34.8 Å². The number of hydrogen-bond acceptors (Lipinski definition) is 6. The third-order valence-electron chi connectivity index (χ3n) is 2.11. The number of nitrogens with two attached hydrogens (primary N) is 1. The fraction of sp³-hybridized carbons (Fsp3) is 0.222. The molecule has 2 aromatic rings. The van der Waals surface area contributed by atoms with Gasteiger partial charge in [0.15, 0.2) is 11.5 Å². The van der Waals surface area contributed by atoms with Gasteiger partial charge in [-0.25, -0.2) is 0 Å². The highest BCUT2D eigenvalue weighted by Crippen LogP contribution is 2.36. The van der Waals surface area contributed by atoms with Gasteiger partial charge in [0.25, 0.3) is 0 Å². The lowest BCUT2D eigenvalue weighted by atomic mass is 10.1. The van der Waals surface area contributed by atoms with Crippen LogP contribution in [0.5, 0.6) is 11.5 Å². The van der Waals surface area contributed by atoms with Crippen molar-refractivity contribution in [2.75, 3.05) is 20.0 Å². The number of methoxy groups -OCH3 is 2. The number of benzene rings is 1. The van der Waals surface area contributed by atoms with Crippen molar-refractivity contribution in [3.05, 3.63) is 12.1 Å². The number of nitrogens with zero attached hydrogens (tertiary/aromatic N) is 3. The van der Waals surface area contributed by atoms with Gasteiger partial charge in [0.05, 0.1) is 19.9 Å². The van der Waals surface area contributed by atoms with Gasteiger partial charge in [-0.15, -0.1) is 10.2 Å². The van der Waals surface area contributed by atoms with Crippen LogP contribution >= 0.6 is 0 Å². The predicted octanol–water partition coefficient (Wildman–Crippen LogP) is 0.466. The molecule has 7 heteroatoms. The minimum Gasteiger partial charge on any atom is -0.493 e. The number of H-pyrrole nitrogens is 1. The first kappa shape index (κ1) is 10.2. The summed E-state index contributed by atoms with van der Waals surface area (Å²) in [6.45, 7) is 0. The SMILES string of the molecule is COc1cc(-c2nn[nH]n2)cc(N)c1OC. The van der Waals surface area contributed by atoms with E-state index in [2.05, 4.69) is 20.6 Å². The molecule has 0 radical (unpaired) electrons. The van der Waals surface area contributed by atoms with Crippen molar-refractivity contribution in [1.29, 1.82) is 0 Å². The fourth-order valence-corrected chi connectivity index (χ4v) is 1.41. The number of ether oxygens (including phenoxy) is 2. The van der Waals surface area contributed by atoms with Crippen LogP contribution in [0.15, 0.2) is 12.1 Å². The standard InChI is InChI=1S/C9H11N5O2/c1-15-7-4-5(9-11-13-14-12-9)3-6(10)8(7)16-2/h3-4H,10H2,1-2H3,(H,11,12,13,14). The molecule has 1 aromatic carbocycles. The van der Waals surface area contributed by atoms with Crippen LogP contribution < -0.4 is 15.2 Å². The van der Waals surface area contributed by atoms with Crippen LogP contribution in [0.4, 0.5) is 5.69 Å². The summed E-state index contributed by atoms with van der Waals surface area (Å²) in [5, 5.41) is 13.6. The van der Waals surface area contributed by atoms with Crippen molar-refractivity contribution in [3.63, 3.8) is 0 Å². The Morgan fingerprint density at radius 1 is 1.25 bits per heavy atom. The number of nitrogen functional groups attached to an aromatic ring is 1. The van der Waals surface area contributed by atoms with E-state index < -0.39 is 0 Å². The molecule has 0 saturated carbocycles. The van der Waals surface area contributed by atoms with Gasteiger partial charge in [0.2, 0.25) is 5.82 Å². The Labute approximate surface area is 91.6 Å². The van der Waals surface area contributed by atoms with Gasteiger partial charge in [-0.3, -0.25) is 0 Å². The Morgan fingerprint density at radius 3 is 2.62 bits per heavy atom. The van der Waals surface area contributed by atoms with Crippen LogP contribution in [0.1, 0.15) is 0 Å². The predicted molar refractivity (Wildman–Crippen MR) is 57.1 cm³/mol. The Hall–Kier alpha value is -2.31. The first-order chi connectivity index (χ1) is 7.76. The zero-order valence-corrected chi connectivity index (χ0v) is 8.89. The molecule has 0 bridgehead atoms. The molecular weight excluding hydrogens is 210 g/mol. The lowest BCUT2D eigenvalue weighted by Crippen LogP contribution is -1.97. The summed E-state index contributed by atoms with van der Waals surface area (Å²) in [6.07, 6.45) is 0. The molecule has 0 fully saturated rings. The quantitative estimate of drug-likeness (QED) is 0.731. The third-order valence-corrected chi connectivity index (χ3v) is 2.11. The summed E-state index contributed by atoms with van der Waals surface area (Å²) < 4.78 is 10.3. The maximum absolute atomic E-state index is 5.82. The van der Waals surface area contributed by atoms with Crippen molar-refractivity contribution >= 4 is 5.69 Å². The van der Waals surface area contributed by atoms with Gasteiger partial charge >= 0.3 is 0 Å². The van der Waals surface area contributed by atoms with Crippen molar-refractivity contribution < 1.29 is 9.47 Å². The van der Waals surface area contributed by atoms with E-state index in [9.17, 15) is 0 Å². The van der Waals surface area contributed by atoms with Crippen molar-refractivity contribution in [3.8, 4) is 22.9 Å². The number of hydrogen-bond donors (Lipinski definition) is 2. The topological polar surface area (TPSA) is 98.9 Å². The number of rotatable bonds is 3. The Balaban J connectivity index is 2.54. The van der Waals surface area contributed by atoms with E-state index in [1.807, 2.05) is 0 Å². The summed E-state index contributed by atoms with van der Waals surface area (Å²) in [6, 6.07) is 3.44. The molecule has 1 heterocycles. The number of tetrazole rings is 1. The van der Waals surface area contributed by atoms with Crippen LogP contribution in [-0.2, 0) is 0 Å². The number of aromatic amines is 1. The molecule has 7 nitrogen and oxygen atoms in total. The van der Waals surface area contributed by atoms with E-state index in [4.69, 9.17) is 15.2 Å². The summed E-state index contributed by atoms with van der Waals surface area (Å²) in [5.41, 5.74) is 7.00. The normalized spacial score (nSPS) is 10.1. The summed E-state index contributed by atoms with van der Waals surface area (Å²) >= 11 is 0. The van der Waals surface area contributed by atoms with E-state index in [0.717, 1.165) is 0 Å². The zero-order valence-electron chi connectivity index (χ0n) is 8.89. The van der Waals surface area contributed by atoms with Crippen molar-refractivity contribution in [2.45, 2.75) is 0 Å². The second-order valence-electron chi connectivity index (χ2n) is 3.04. The Kier molecular flexibility index (Phi) is 2.59. The molecule has 0 amide bonds. The highest BCUT2D eigenvalue weighted by molar-refractivity contribution is 5.71. The molecule has 3 N–H and O–H groups in total. The van der Waals surface area contributed by atoms with Crippen LogP contribution in [0.2, 0.25) is 0 Å². The molecule has 0 unspecified atom stereocenters. The number of aromatic nitrogens is 4. The minimum absolute atomic E-state index is 0.452. The van der Waals surface area contributed by atoms with Crippen molar-refractivity contribution in [2.24, 2.45) is 0 Å². The third kappa shape index (κ3) is 1.62. The molecule has 0 aliphatic heterocycles. The highest BCUT2D eigenvalue weighted by Gasteiger charge is 2.13. The van der Waals surface area contributed by atoms with Crippen molar-refractivity contribution in [1.82, 2.24) is 20.6 Å². The first-order valence-electron chi connectivity index (χ1n) is 4.51. The average molecular weight is 221 g/mol. The van der Waals surface area contributed by atoms with Gasteiger partial charge in [-0.2, -0.15) is 5.21 Å². The maximum atomic E-state index is 5.82. The highest BCUT2D eigenvalue weighted by atomic mass is 16.5. The summed E-state index contributed by atoms with van der Waals surface area (Å²) in [7, 11) is 3.07. The molecule has 16 heavy (non-hydrogen) atoms. The Morgan fingerprint density at radius 2 is 2.06 bits per heavy atom. The van der Waals surface area contributed by atoms with Crippen LogP contribution in [0.3, 0.4) is 0 Å². The minimum atomic E-state index is 0.452. The molecule has 1 aromatic heterocycles. The second-order valence-corrected chi connectivity index (χ2v) is 3.04. The molecule has 0 saturated heterocycles. The lowest BCUT2D eigenvalue weighted by molar-refractivity contribution is 0.356. The molecule has 84 valence electrons. The second kappa shape index (κ2) is 4.05. The van der Waals surface area contributed by atoms with Gasteiger partial charge < -0.3 is 15.2 Å². The van der Waals surface area contributed by atoms with Crippen LogP contribution in [0.25, 0.3) is 11.4 Å². The summed E-state index contributed by atoms with van der Waals surface area (Å²) in [4.78, 5) is 0. The molecule has 0 atom stereocenters. The maximum Gasteiger partial charge on any atom is 0.204 e. The molecular formula is C9H11N5O2. The monoisotopic (exact) mass is 221 g/mol. The van der Waals surface area contributed by atoms with E-state index in [1.165, 1.54) is 14.2 Å². The molecule has 2 rings (SSSR count). The molecule has 0 aliphatic rings. The first-order valence-corrected chi connectivity index (χ1v) is 4.51. The average Bonchev–Trinajstić information content (AvgIpc) is 2.81. The van der Waals surface area contributed by atoms with E-state index in [-0.39, 0.29) is 0 Å². The summed E-state index contributed by atoms with van der Waals surface area (Å²) in [5.74, 6) is 1.48. The largest absolute Gasteiger partial charge is 0.493 e. The fourth-order valence-electron chi connectivity index (χ4n) is 1.41. The number of nitrogens with one attached hydrogen (secondary N) is 1. The number of anilines is 1. The van der Waals surface area contributed by atoms with Gasteiger partial charge in [-0.05, 0) is 17.3 Å². The Bertz CT molecular complexity index is 483. The molecule has 0 aliphatic carbocycles. The lowest BCUT2D eigenvalue weighted by Gasteiger charge is -2.10. The van der Waals surface area contributed by atoms with Gasteiger partial charge in [0, 0.05) is 5.56 Å².